The zero-order valence-corrected chi connectivity index (χ0v) is 10.3. The summed E-state index contributed by atoms with van der Waals surface area (Å²) in [5.41, 5.74) is 6.18. The number of nitrogens with one attached hydrogen (secondary N) is 1. The van der Waals surface area contributed by atoms with E-state index < -0.39 is 5.66 Å². The van der Waals surface area contributed by atoms with E-state index in [4.69, 9.17) is 5.73 Å². The molecule has 0 saturated heterocycles. The van der Waals surface area contributed by atoms with Crippen molar-refractivity contribution < 1.29 is 0 Å². The van der Waals surface area contributed by atoms with Gasteiger partial charge in [-0.05, 0) is 13.8 Å². The zero-order chi connectivity index (χ0) is 12.8. The fourth-order valence-corrected chi connectivity index (χ4v) is 1.97. The summed E-state index contributed by atoms with van der Waals surface area (Å²) in [4.78, 5) is 8.75. The van der Waals surface area contributed by atoms with Crippen molar-refractivity contribution in [3.05, 3.63) is 30.3 Å². The average molecular weight is 242 g/mol. The quantitative estimate of drug-likeness (QED) is 0.791. The van der Waals surface area contributed by atoms with Gasteiger partial charge in [-0.3, -0.25) is 5.32 Å². The van der Waals surface area contributed by atoms with E-state index in [0.29, 0.717) is 17.7 Å². The van der Waals surface area contributed by atoms with Gasteiger partial charge in [0.2, 0.25) is 5.95 Å². The van der Waals surface area contributed by atoms with Gasteiger partial charge in [-0.15, -0.1) is 5.10 Å². The molecule has 0 amide bonds. The van der Waals surface area contributed by atoms with E-state index in [-0.39, 0.29) is 0 Å². The number of aromatic nitrogens is 3. The van der Waals surface area contributed by atoms with Crippen LogP contribution in [0.25, 0.3) is 11.4 Å². The number of anilines is 1. The third-order valence-electron chi connectivity index (χ3n) is 2.79. The van der Waals surface area contributed by atoms with Gasteiger partial charge in [0.15, 0.2) is 17.4 Å². The summed E-state index contributed by atoms with van der Waals surface area (Å²) in [6.07, 6.45) is 0. The molecular weight excluding hydrogens is 228 g/mol. The summed E-state index contributed by atoms with van der Waals surface area (Å²) < 4.78 is 1.74. The van der Waals surface area contributed by atoms with Gasteiger partial charge in [0.1, 0.15) is 0 Å². The van der Waals surface area contributed by atoms with Crippen molar-refractivity contribution in [3.63, 3.8) is 0 Å². The van der Waals surface area contributed by atoms with Crippen LogP contribution in [0, 0.1) is 0 Å². The highest BCUT2D eigenvalue weighted by atomic mass is 15.5. The summed E-state index contributed by atoms with van der Waals surface area (Å²) in [5, 5.41) is 7.41. The summed E-state index contributed by atoms with van der Waals surface area (Å²) in [6.45, 7) is 3.88. The zero-order valence-electron chi connectivity index (χ0n) is 10.3. The Morgan fingerprint density at radius 2 is 1.94 bits per heavy atom. The number of hydrogen-bond acceptors (Lipinski definition) is 5. The molecule has 6 nitrogen and oxygen atoms in total. The first-order chi connectivity index (χ1) is 8.56. The van der Waals surface area contributed by atoms with Crippen molar-refractivity contribution in [1.29, 1.82) is 0 Å². The SMILES string of the molecule is CC1(C)N=C(N)Nc2nc(-c3ccccc3)nn21. The molecule has 1 aliphatic rings. The molecule has 1 aromatic carbocycles. The number of rotatable bonds is 1. The molecular formula is C12H14N6. The van der Waals surface area contributed by atoms with Gasteiger partial charge in [0, 0.05) is 5.56 Å². The highest BCUT2D eigenvalue weighted by Crippen LogP contribution is 2.27. The van der Waals surface area contributed by atoms with Crippen molar-refractivity contribution in [2.75, 3.05) is 5.32 Å². The predicted octanol–water partition coefficient (Wildman–Crippen LogP) is 1.38. The van der Waals surface area contributed by atoms with Gasteiger partial charge in [0.05, 0.1) is 0 Å². The minimum atomic E-state index is -0.523. The third kappa shape index (κ3) is 1.62. The van der Waals surface area contributed by atoms with Crippen molar-refractivity contribution in [2.45, 2.75) is 19.5 Å². The lowest BCUT2D eigenvalue weighted by molar-refractivity contribution is 0.336. The lowest BCUT2D eigenvalue weighted by Gasteiger charge is -2.26. The Bertz CT molecular complexity index is 611. The van der Waals surface area contributed by atoms with Crippen LogP contribution in [0.3, 0.4) is 0 Å². The molecule has 1 aliphatic heterocycles. The van der Waals surface area contributed by atoms with Crippen molar-refractivity contribution in [3.8, 4) is 11.4 Å². The maximum absolute atomic E-state index is 5.73. The lowest BCUT2D eigenvalue weighted by atomic mass is 10.2. The fourth-order valence-electron chi connectivity index (χ4n) is 1.97. The Morgan fingerprint density at radius 1 is 1.22 bits per heavy atom. The number of aliphatic imine (C=N–C) groups is 1. The topological polar surface area (TPSA) is 81.1 Å². The first kappa shape index (κ1) is 10.8. The predicted molar refractivity (Wildman–Crippen MR) is 70.0 cm³/mol. The molecule has 3 N–H and O–H groups in total. The number of nitrogens with two attached hydrogens (primary N) is 1. The Hall–Kier alpha value is -2.37. The number of guanidine groups is 1. The standard InChI is InChI=1S/C12H14N6/c1-12(2)16-10(13)15-11-14-9(17-18(11)12)8-6-4-3-5-7-8/h3-7H,1-2H3,(H3,13,14,15,16,17). The molecule has 0 fully saturated rings. The van der Waals surface area contributed by atoms with Crippen LogP contribution in [-0.4, -0.2) is 20.7 Å². The Balaban J connectivity index is 2.10. The largest absolute Gasteiger partial charge is 0.370 e. The summed E-state index contributed by atoms with van der Waals surface area (Å²) in [6, 6.07) is 9.82. The average Bonchev–Trinajstić information content (AvgIpc) is 2.74. The van der Waals surface area contributed by atoms with Crippen LogP contribution in [0.2, 0.25) is 0 Å². The van der Waals surface area contributed by atoms with E-state index >= 15 is 0 Å². The summed E-state index contributed by atoms with van der Waals surface area (Å²) >= 11 is 0. The molecule has 1 aromatic heterocycles. The number of nitrogens with zero attached hydrogens (tertiary/aromatic N) is 4. The Morgan fingerprint density at radius 3 is 2.67 bits per heavy atom. The van der Waals surface area contributed by atoms with Gasteiger partial charge >= 0.3 is 0 Å². The molecule has 18 heavy (non-hydrogen) atoms. The van der Waals surface area contributed by atoms with Crippen LogP contribution in [0.15, 0.2) is 35.3 Å². The molecule has 0 bridgehead atoms. The van der Waals surface area contributed by atoms with Gasteiger partial charge in [-0.2, -0.15) is 4.98 Å². The minimum Gasteiger partial charge on any atom is -0.370 e. The fraction of sp³-hybridized carbons (Fsp3) is 0.250. The second-order valence-corrected chi connectivity index (χ2v) is 4.65. The van der Waals surface area contributed by atoms with Crippen molar-refractivity contribution >= 4 is 11.9 Å². The smallest absolute Gasteiger partial charge is 0.230 e. The first-order valence-corrected chi connectivity index (χ1v) is 5.71. The van der Waals surface area contributed by atoms with Crippen LogP contribution in [0.5, 0.6) is 0 Å². The van der Waals surface area contributed by atoms with E-state index in [1.54, 1.807) is 4.68 Å². The van der Waals surface area contributed by atoms with E-state index in [0.717, 1.165) is 5.56 Å². The molecule has 3 rings (SSSR count). The van der Waals surface area contributed by atoms with Crippen LogP contribution >= 0.6 is 0 Å². The molecule has 0 spiro atoms. The molecule has 0 aliphatic carbocycles. The third-order valence-corrected chi connectivity index (χ3v) is 2.79. The summed E-state index contributed by atoms with van der Waals surface area (Å²) in [7, 11) is 0. The Kier molecular flexibility index (Phi) is 2.13. The van der Waals surface area contributed by atoms with Gasteiger partial charge < -0.3 is 5.73 Å². The van der Waals surface area contributed by atoms with Crippen LogP contribution in [0.4, 0.5) is 5.95 Å². The second-order valence-electron chi connectivity index (χ2n) is 4.65. The Labute approximate surface area is 105 Å². The van der Waals surface area contributed by atoms with E-state index in [1.807, 2.05) is 44.2 Å². The second kappa shape index (κ2) is 3.56. The van der Waals surface area contributed by atoms with E-state index in [9.17, 15) is 0 Å². The van der Waals surface area contributed by atoms with Crippen molar-refractivity contribution in [1.82, 2.24) is 14.8 Å². The minimum absolute atomic E-state index is 0.361. The van der Waals surface area contributed by atoms with E-state index in [1.165, 1.54) is 0 Å². The molecule has 0 radical (unpaired) electrons. The lowest BCUT2D eigenvalue weighted by Crippen LogP contribution is -2.39. The van der Waals surface area contributed by atoms with Crippen LogP contribution < -0.4 is 11.1 Å². The maximum atomic E-state index is 5.73. The van der Waals surface area contributed by atoms with Gasteiger partial charge in [-0.1, -0.05) is 30.3 Å². The van der Waals surface area contributed by atoms with Gasteiger partial charge in [-0.25, -0.2) is 9.67 Å². The van der Waals surface area contributed by atoms with Crippen LogP contribution in [0.1, 0.15) is 13.8 Å². The molecule has 0 atom stereocenters. The molecule has 6 heteroatoms. The van der Waals surface area contributed by atoms with Crippen LogP contribution in [-0.2, 0) is 5.66 Å². The highest BCUT2D eigenvalue weighted by molar-refractivity contribution is 5.92. The number of benzene rings is 1. The highest BCUT2D eigenvalue weighted by Gasteiger charge is 2.30. The first-order valence-electron chi connectivity index (χ1n) is 5.71. The van der Waals surface area contributed by atoms with E-state index in [2.05, 4.69) is 20.4 Å². The maximum Gasteiger partial charge on any atom is 0.230 e. The number of hydrogen-bond donors (Lipinski definition) is 2. The van der Waals surface area contributed by atoms with Crippen molar-refractivity contribution in [2.24, 2.45) is 10.7 Å². The monoisotopic (exact) mass is 242 g/mol. The normalized spacial score (nSPS) is 16.7. The molecule has 2 aromatic rings. The van der Waals surface area contributed by atoms with Gasteiger partial charge in [0.25, 0.3) is 0 Å². The number of fused-ring (bicyclic) bond motifs is 1. The molecule has 92 valence electrons. The molecule has 2 heterocycles. The molecule has 0 saturated carbocycles. The summed E-state index contributed by atoms with van der Waals surface area (Å²) in [5.74, 6) is 1.64. The molecule has 0 unspecified atom stereocenters.